The highest BCUT2D eigenvalue weighted by Crippen LogP contribution is 2.27. The number of methoxy groups -OCH3 is 1. The molecule has 18 heavy (non-hydrogen) atoms. The van der Waals surface area contributed by atoms with Gasteiger partial charge in [-0.15, -0.1) is 0 Å². The van der Waals surface area contributed by atoms with Crippen LogP contribution in [0, 0.1) is 5.92 Å². The molecular weight excluding hydrogens is 318 g/mol. The van der Waals surface area contributed by atoms with E-state index in [4.69, 9.17) is 4.74 Å². The predicted molar refractivity (Wildman–Crippen MR) is 75.3 cm³/mol. The molecule has 0 unspecified atom stereocenters. The minimum atomic E-state index is -3.49. The summed E-state index contributed by atoms with van der Waals surface area (Å²) in [6, 6.07) is 4.57. The van der Waals surface area contributed by atoms with Gasteiger partial charge in [0.1, 0.15) is 5.75 Å². The largest absolute Gasteiger partial charge is 0.496 e. The summed E-state index contributed by atoms with van der Waals surface area (Å²) in [5.74, 6) is 0.840. The number of halogens is 1. The van der Waals surface area contributed by atoms with Crippen molar-refractivity contribution in [2.24, 2.45) is 5.92 Å². The van der Waals surface area contributed by atoms with Gasteiger partial charge in [-0.25, -0.2) is 13.1 Å². The molecular formula is C12H18BrNO3S. The van der Waals surface area contributed by atoms with Crippen LogP contribution in [0.4, 0.5) is 0 Å². The number of nitrogens with one attached hydrogen (secondary N) is 1. The Labute approximate surface area is 117 Å². The first-order chi connectivity index (χ1) is 8.27. The lowest BCUT2D eigenvalue weighted by Crippen LogP contribution is -2.36. The summed E-state index contributed by atoms with van der Waals surface area (Å²) in [6.07, 6.45) is 0. The summed E-state index contributed by atoms with van der Waals surface area (Å²) in [7, 11) is -1.95. The highest BCUT2D eigenvalue weighted by Gasteiger charge is 2.20. The Kier molecular flexibility index (Phi) is 5.19. The molecule has 0 heterocycles. The summed E-state index contributed by atoms with van der Waals surface area (Å²) in [6.45, 7) is 5.79. The summed E-state index contributed by atoms with van der Waals surface area (Å²) < 4.78 is 32.6. The van der Waals surface area contributed by atoms with Gasteiger partial charge in [-0.3, -0.25) is 0 Å². The SMILES string of the molecule is COc1ccc(S(=O)(=O)N[C@H](C)C(C)C)cc1Br. The Bertz CT molecular complexity index is 514. The van der Waals surface area contributed by atoms with Gasteiger partial charge in [-0.2, -0.15) is 0 Å². The zero-order chi connectivity index (χ0) is 13.9. The Morgan fingerprint density at radius 1 is 1.28 bits per heavy atom. The van der Waals surface area contributed by atoms with E-state index in [2.05, 4.69) is 20.7 Å². The third-order valence-electron chi connectivity index (χ3n) is 2.77. The van der Waals surface area contributed by atoms with Crippen molar-refractivity contribution in [2.45, 2.75) is 31.7 Å². The van der Waals surface area contributed by atoms with E-state index < -0.39 is 10.0 Å². The van der Waals surface area contributed by atoms with E-state index in [1.807, 2.05) is 20.8 Å². The quantitative estimate of drug-likeness (QED) is 0.900. The molecule has 0 aliphatic carbocycles. The molecule has 0 amide bonds. The van der Waals surface area contributed by atoms with Crippen molar-refractivity contribution >= 4 is 26.0 Å². The average Bonchev–Trinajstić information content (AvgIpc) is 2.28. The summed E-state index contributed by atoms with van der Waals surface area (Å²) in [5, 5.41) is 0. The highest BCUT2D eigenvalue weighted by molar-refractivity contribution is 9.10. The maximum atomic E-state index is 12.1. The third kappa shape index (κ3) is 3.70. The summed E-state index contributed by atoms with van der Waals surface area (Å²) >= 11 is 3.28. The number of benzene rings is 1. The fourth-order valence-electron chi connectivity index (χ4n) is 1.26. The first kappa shape index (κ1) is 15.5. The van der Waals surface area contributed by atoms with Crippen LogP contribution in [0.5, 0.6) is 5.75 Å². The number of hydrogen-bond acceptors (Lipinski definition) is 3. The maximum absolute atomic E-state index is 12.1. The van der Waals surface area contributed by atoms with Crippen LogP contribution in [0.1, 0.15) is 20.8 Å². The normalized spacial score (nSPS) is 13.7. The van der Waals surface area contributed by atoms with Crippen LogP contribution in [-0.2, 0) is 10.0 Å². The molecule has 0 aromatic heterocycles. The zero-order valence-electron chi connectivity index (χ0n) is 10.9. The van der Waals surface area contributed by atoms with E-state index in [0.29, 0.717) is 10.2 Å². The Balaban J connectivity index is 3.02. The van der Waals surface area contributed by atoms with Gasteiger partial charge in [-0.05, 0) is 47.0 Å². The van der Waals surface area contributed by atoms with Crippen LogP contribution in [-0.4, -0.2) is 21.6 Å². The number of sulfonamides is 1. The minimum absolute atomic E-state index is 0.115. The van der Waals surface area contributed by atoms with Gasteiger partial charge in [-0.1, -0.05) is 13.8 Å². The predicted octanol–water partition coefficient (Wildman–Crippen LogP) is 2.78. The van der Waals surface area contributed by atoms with E-state index in [1.165, 1.54) is 19.2 Å². The van der Waals surface area contributed by atoms with E-state index in [-0.39, 0.29) is 16.9 Å². The second kappa shape index (κ2) is 6.04. The van der Waals surface area contributed by atoms with Gasteiger partial charge in [0.05, 0.1) is 16.5 Å². The summed E-state index contributed by atoms with van der Waals surface area (Å²) in [5.41, 5.74) is 0. The Hall–Kier alpha value is -0.590. The number of ether oxygens (including phenoxy) is 1. The molecule has 1 N–H and O–H groups in total. The van der Waals surface area contributed by atoms with E-state index in [0.717, 1.165) is 0 Å². The molecule has 6 heteroatoms. The molecule has 0 radical (unpaired) electrons. The van der Waals surface area contributed by atoms with Crippen molar-refractivity contribution in [3.63, 3.8) is 0 Å². The lowest BCUT2D eigenvalue weighted by molar-refractivity contribution is 0.411. The van der Waals surface area contributed by atoms with Crippen LogP contribution in [0.25, 0.3) is 0 Å². The molecule has 0 saturated heterocycles. The molecule has 1 aromatic carbocycles. The molecule has 0 bridgehead atoms. The van der Waals surface area contributed by atoms with E-state index >= 15 is 0 Å². The van der Waals surface area contributed by atoms with Gasteiger partial charge >= 0.3 is 0 Å². The van der Waals surface area contributed by atoms with Crippen molar-refractivity contribution in [2.75, 3.05) is 7.11 Å². The molecule has 0 saturated carbocycles. The lowest BCUT2D eigenvalue weighted by atomic mass is 10.1. The maximum Gasteiger partial charge on any atom is 0.240 e. The Morgan fingerprint density at radius 3 is 2.33 bits per heavy atom. The Morgan fingerprint density at radius 2 is 1.89 bits per heavy atom. The van der Waals surface area contributed by atoms with Crippen molar-refractivity contribution in [3.05, 3.63) is 22.7 Å². The third-order valence-corrected chi connectivity index (χ3v) is 4.95. The van der Waals surface area contributed by atoms with Crippen LogP contribution in [0.15, 0.2) is 27.6 Å². The smallest absolute Gasteiger partial charge is 0.240 e. The molecule has 1 rings (SSSR count). The fraction of sp³-hybridized carbons (Fsp3) is 0.500. The van der Waals surface area contributed by atoms with Crippen molar-refractivity contribution in [3.8, 4) is 5.75 Å². The van der Waals surface area contributed by atoms with Crippen LogP contribution < -0.4 is 9.46 Å². The van der Waals surface area contributed by atoms with Crippen LogP contribution in [0.3, 0.4) is 0 Å². The van der Waals surface area contributed by atoms with Gasteiger partial charge < -0.3 is 4.74 Å². The van der Waals surface area contributed by atoms with E-state index in [1.54, 1.807) is 6.07 Å². The molecule has 1 aromatic rings. The van der Waals surface area contributed by atoms with Gasteiger partial charge in [0.15, 0.2) is 0 Å². The molecule has 0 fully saturated rings. The molecule has 0 aliphatic rings. The van der Waals surface area contributed by atoms with Crippen LogP contribution >= 0.6 is 15.9 Å². The monoisotopic (exact) mass is 335 g/mol. The number of hydrogen-bond donors (Lipinski definition) is 1. The second-order valence-electron chi connectivity index (χ2n) is 4.45. The standard InChI is InChI=1S/C12H18BrNO3S/c1-8(2)9(3)14-18(15,16)10-5-6-12(17-4)11(13)7-10/h5-9,14H,1-4H3/t9-/m1/s1. The molecule has 0 aliphatic heterocycles. The van der Waals surface area contributed by atoms with Crippen molar-refractivity contribution in [1.82, 2.24) is 4.72 Å². The van der Waals surface area contributed by atoms with E-state index in [9.17, 15) is 8.42 Å². The summed E-state index contributed by atoms with van der Waals surface area (Å²) in [4.78, 5) is 0.225. The minimum Gasteiger partial charge on any atom is -0.496 e. The lowest BCUT2D eigenvalue weighted by Gasteiger charge is -2.17. The zero-order valence-corrected chi connectivity index (χ0v) is 13.3. The molecule has 4 nitrogen and oxygen atoms in total. The van der Waals surface area contributed by atoms with Crippen molar-refractivity contribution < 1.29 is 13.2 Å². The molecule has 1 atom stereocenters. The fourth-order valence-corrected chi connectivity index (χ4v) is 3.37. The molecule has 0 spiro atoms. The van der Waals surface area contributed by atoms with Crippen LogP contribution in [0.2, 0.25) is 0 Å². The second-order valence-corrected chi connectivity index (χ2v) is 7.02. The topological polar surface area (TPSA) is 55.4 Å². The van der Waals surface area contributed by atoms with Gasteiger partial charge in [0.2, 0.25) is 10.0 Å². The van der Waals surface area contributed by atoms with Gasteiger partial charge in [0.25, 0.3) is 0 Å². The molecule has 102 valence electrons. The van der Waals surface area contributed by atoms with Gasteiger partial charge in [0, 0.05) is 6.04 Å². The van der Waals surface area contributed by atoms with Crippen molar-refractivity contribution in [1.29, 1.82) is 0 Å². The average molecular weight is 336 g/mol. The first-order valence-electron chi connectivity index (χ1n) is 5.64. The first-order valence-corrected chi connectivity index (χ1v) is 7.91. The number of rotatable bonds is 5. The highest BCUT2D eigenvalue weighted by atomic mass is 79.9.